The van der Waals surface area contributed by atoms with E-state index in [1.54, 1.807) is 0 Å². The van der Waals surface area contributed by atoms with Crippen LogP contribution in [0.15, 0.2) is 0 Å². The van der Waals surface area contributed by atoms with Gasteiger partial charge in [-0.1, -0.05) is 19.3 Å². The monoisotopic (exact) mass is 282 g/mol. The van der Waals surface area contributed by atoms with Crippen molar-refractivity contribution >= 4 is 22.4 Å². The van der Waals surface area contributed by atoms with Crippen LogP contribution in [0.25, 0.3) is 0 Å². The highest BCUT2D eigenvalue weighted by atomic mass is 35.5. The van der Waals surface area contributed by atoms with Gasteiger partial charge in [0.15, 0.2) is 0 Å². The van der Waals surface area contributed by atoms with Gasteiger partial charge in [0.1, 0.15) is 0 Å². The quantitative estimate of drug-likeness (QED) is 0.801. The fourth-order valence-electron chi connectivity index (χ4n) is 2.34. The molecule has 0 saturated heterocycles. The maximum Gasteiger partial charge on any atom is 0.211 e. The van der Waals surface area contributed by atoms with Gasteiger partial charge in [0.05, 0.1) is 5.75 Å². The van der Waals surface area contributed by atoms with Crippen LogP contribution in [-0.4, -0.2) is 26.3 Å². The first kappa shape index (κ1) is 15.2. The first-order valence-corrected chi connectivity index (χ1v) is 7.91. The van der Waals surface area contributed by atoms with Gasteiger partial charge in [-0.3, -0.25) is 0 Å². The van der Waals surface area contributed by atoms with E-state index in [1.807, 2.05) is 0 Å². The number of nitrogens with one attached hydrogen (secondary N) is 1. The van der Waals surface area contributed by atoms with E-state index < -0.39 is 10.0 Å². The van der Waals surface area contributed by atoms with Gasteiger partial charge in [0.2, 0.25) is 10.0 Å². The van der Waals surface area contributed by atoms with E-state index in [1.165, 1.54) is 6.42 Å². The Hall–Kier alpha value is 0.160. The number of halogens is 1. The minimum absolute atomic E-state index is 0. The standard InChI is InChI=1S/C11H22N2O2S.ClH/c12-11(6-2-1-3-7-11)9-13-16(14,15)8-10-4-5-10;/h10,13H,1-9,12H2;1H. The summed E-state index contributed by atoms with van der Waals surface area (Å²) in [5.74, 6) is 0.695. The molecule has 4 nitrogen and oxygen atoms in total. The lowest BCUT2D eigenvalue weighted by Crippen LogP contribution is -2.51. The first-order valence-electron chi connectivity index (χ1n) is 6.25. The molecule has 102 valence electrons. The lowest BCUT2D eigenvalue weighted by Gasteiger charge is -2.33. The summed E-state index contributed by atoms with van der Waals surface area (Å²) in [6, 6.07) is 0. The summed E-state index contributed by atoms with van der Waals surface area (Å²) >= 11 is 0. The zero-order chi connectivity index (χ0) is 11.6. The van der Waals surface area contributed by atoms with Crippen LogP contribution < -0.4 is 10.5 Å². The molecule has 0 aromatic heterocycles. The lowest BCUT2D eigenvalue weighted by molar-refractivity contribution is 0.296. The summed E-state index contributed by atoms with van der Waals surface area (Å²) in [5, 5.41) is 0. The Kier molecular flexibility index (Phi) is 5.25. The summed E-state index contributed by atoms with van der Waals surface area (Å²) in [5.41, 5.74) is 5.89. The van der Waals surface area contributed by atoms with Gasteiger partial charge in [0, 0.05) is 12.1 Å². The second-order valence-corrected chi connectivity index (χ2v) is 7.32. The molecule has 0 atom stereocenters. The van der Waals surface area contributed by atoms with Crippen molar-refractivity contribution in [3.05, 3.63) is 0 Å². The van der Waals surface area contributed by atoms with E-state index in [4.69, 9.17) is 5.73 Å². The van der Waals surface area contributed by atoms with Crippen LogP contribution in [0.2, 0.25) is 0 Å². The summed E-state index contributed by atoms with van der Waals surface area (Å²) in [4.78, 5) is 0. The molecule has 0 aromatic rings. The van der Waals surface area contributed by atoms with Gasteiger partial charge in [-0.05, 0) is 31.6 Å². The Morgan fingerprint density at radius 1 is 1.18 bits per heavy atom. The Morgan fingerprint density at radius 3 is 2.29 bits per heavy atom. The molecule has 3 N–H and O–H groups in total. The summed E-state index contributed by atoms with van der Waals surface area (Å²) in [7, 11) is -3.09. The number of nitrogens with two attached hydrogens (primary N) is 1. The normalized spacial score (nSPS) is 24.1. The SMILES string of the molecule is Cl.NC1(CNS(=O)(=O)CC2CC2)CCCCC1. The Morgan fingerprint density at radius 2 is 1.76 bits per heavy atom. The van der Waals surface area contributed by atoms with Crippen molar-refractivity contribution in [3.8, 4) is 0 Å². The number of sulfonamides is 1. The molecule has 0 spiro atoms. The highest BCUT2D eigenvalue weighted by Crippen LogP contribution is 2.30. The average molecular weight is 283 g/mol. The van der Waals surface area contributed by atoms with Crippen molar-refractivity contribution in [2.75, 3.05) is 12.3 Å². The Balaban J connectivity index is 0.00000144. The maximum absolute atomic E-state index is 11.7. The molecule has 6 heteroatoms. The molecule has 0 amide bonds. The fraction of sp³-hybridized carbons (Fsp3) is 1.00. The van der Waals surface area contributed by atoms with E-state index in [9.17, 15) is 8.42 Å². The summed E-state index contributed by atoms with van der Waals surface area (Å²) < 4.78 is 26.1. The molecule has 2 fully saturated rings. The van der Waals surface area contributed by atoms with Crippen LogP contribution in [0.1, 0.15) is 44.9 Å². The Bertz CT molecular complexity index is 335. The van der Waals surface area contributed by atoms with Crippen molar-refractivity contribution in [2.24, 2.45) is 11.7 Å². The van der Waals surface area contributed by atoms with E-state index in [0.29, 0.717) is 18.2 Å². The van der Waals surface area contributed by atoms with Crippen LogP contribution in [-0.2, 0) is 10.0 Å². The van der Waals surface area contributed by atoms with Crippen LogP contribution in [0.4, 0.5) is 0 Å². The van der Waals surface area contributed by atoms with Crippen LogP contribution in [0, 0.1) is 5.92 Å². The molecule has 0 unspecified atom stereocenters. The van der Waals surface area contributed by atoms with Gasteiger partial charge in [-0.2, -0.15) is 0 Å². The smallest absolute Gasteiger partial charge is 0.211 e. The summed E-state index contributed by atoms with van der Waals surface area (Å²) in [6.07, 6.45) is 7.50. The van der Waals surface area contributed by atoms with Crippen LogP contribution >= 0.6 is 12.4 Å². The average Bonchev–Trinajstić information content (AvgIpc) is 3.00. The number of hydrogen-bond acceptors (Lipinski definition) is 3. The first-order chi connectivity index (χ1) is 7.49. The molecule has 0 radical (unpaired) electrons. The third-order valence-electron chi connectivity index (χ3n) is 3.65. The highest BCUT2D eigenvalue weighted by molar-refractivity contribution is 7.89. The molecular formula is C11H23ClN2O2S. The molecule has 2 aliphatic rings. The van der Waals surface area contributed by atoms with Gasteiger partial charge in [-0.15, -0.1) is 12.4 Å². The fourth-order valence-corrected chi connectivity index (χ4v) is 3.92. The van der Waals surface area contributed by atoms with Gasteiger partial charge < -0.3 is 5.73 Å². The second-order valence-electron chi connectivity index (χ2n) is 5.47. The molecule has 17 heavy (non-hydrogen) atoms. The highest BCUT2D eigenvalue weighted by Gasteiger charge is 2.31. The number of hydrogen-bond donors (Lipinski definition) is 2. The van der Waals surface area contributed by atoms with E-state index in [-0.39, 0.29) is 17.9 Å². The number of rotatable bonds is 5. The Labute approximate surface area is 110 Å². The van der Waals surface area contributed by atoms with Gasteiger partial charge in [0.25, 0.3) is 0 Å². The molecule has 0 bridgehead atoms. The molecular weight excluding hydrogens is 260 g/mol. The van der Waals surface area contributed by atoms with Crippen LogP contribution in [0.3, 0.4) is 0 Å². The van der Waals surface area contributed by atoms with Crippen molar-refractivity contribution in [3.63, 3.8) is 0 Å². The molecule has 0 heterocycles. The summed E-state index contributed by atoms with van der Waals surface area (Å²) in [6.45, 7) is 0.419. The molecule has 2 rings (SSSR count). The van der Waals surface area contributed by atoms with Crippen molar-refractivity contribution in [1.29, 1.82) is 0 Å². The van der Waals surface area contributed by atoms with Crippen molar-refractivity contribution in [2.45, 2.75) is 50.5 Å². The molecule has 2 aliphatic carbocycles. The zero-order valence-corrected chi connectivity index (χ0v) is 11.8. The minimum Gasteiger partial charge on any atom is -0.324 e. The van der Waals surface area contributed by atoms with Gasteiger partial charge >= 0.3 is 0 Å². The van der Waals surface area contributed by atoms with Gasteiger partial charge in [-0.25, -0.2) is 13.1 Å². The van der Waals surface area contributed by atoms with E-state index in [2.05, 4.69) is 4.72 Å². The van der Waals surface area contributed by atoms with Crippen molar-refractivity contribution < 1.29 is 8.42 Å². The zero-order valence-electron chi connectivity index (χ0n) is 10.2. The maximum atomic E-state index is 11.7. The minimum atomic E-state index is -3.09. The third-order valence-corrected chi connectivity index (χ3v) is 5.14. The van der Waals surface area contributed by atoms with Crippen LogP contribution in [0.5, 0.6) is 0 Å². The van der Waals surface area contributed by atoms with E-state index >= 15 is 0 Å². The molecule has 0 aromatic carbocycles. The largest absolute Gasteiger partial charge is 0.324 e. The third kappa shape index (κ3) is 5.12. The second kappa shape index (κ2) is 5.87. The molecule has 0 aliphatic heterocycles. The predicted molar refractivity (Wildman–Crippen MR) is 71.8 cm³/mol. The lowest BCUT2D eigenvalue weighted by atomic mass is 9.83. The topological polar surface area (TPSA) is 72.2 Å². The predicted octanol–water partition coefficient (Wildman–Crippen LogP) is 1.40. The van der Waals surface area contributed by atoms with Crippen molar-refractivity contribution in [1.82, 2.24) is 4.72 Å². The molecule has 2 saturated carbocycles. The van der Waals surface area contributed by atoms with E-state index in [0.717, 1.165) is 38.5 Å².